The monoisotopic (exact) mass is 460 g/mol. The van der Waals surface area contributed by atoms with Gasteiger partial charge in [-0.2, -0.15) is 0 Å². The first-order chi connectivity index (χ1) is 16.3. The number of fused-ring (bicyclic) bond motifs is 4. The van der Waals surface area contributed by atoms with Crippen molar-refractivity contribution < 1.29 is 19.4 Å². The Bertz CT molecular complexity index is 1090. The van der Waals surface area contributed by atoms with Crippen molar-refractivity contribution in [2.45, 2.75) is 70.3 Å². The molecule has 5 rings (SSSR count). The largest absolute Gasteiger partial charge is 0.392 e. The van der Waals surface area contributed by atoms with Crippen LogP contribution in [0.15, 0.2) is 59.2 Å². The normalized spacial score (nSPS) is 35.1. The Balaban J connectivity index is 1.67. The van der Waals surface area contributed by atoms with Crippen molar-refractivity contribution in [3.63, 3.8) is 0 Å². The molecule has 0 radical (unpaired) electrons. The molecule has 0 bridgehead atoms. The van der Waals surface area contributed by atoms with Crippen LogP contribution >= 0.6 is 0 Å². The summed E-state index contributed by atoms with van der Waals surface area (Å²) in [6.07, 6.45) is 12.4. The van der Waals surface area contributed by atoms with Gasteiger partial charge in [0.1, 0.15) is 0 Å². The third-order valence-electron chi connectivity index (χ3n) is 9.49. The summed E-state index contributed by atoms with van der Waals surface area (Å²) in [5.41, 5.74) is 5.75. The van der Waals surface area contributed by atoms with Crippen LogP contribution in [-0.4, -0.2) is 36.0 Å². The number of hydrogen-bond donors (Lipinski definition) is 1. The van der Waals surface area contributed by atoms with Crippen LogP contribution in [0.4, 0.5) is 0 Å². The number of carbonyl (C=O) groups is 2. The van der Waals surface area contributed by atoms with Crippen molar-refractivity contribution in [1.82, 2.24) is 0 Å². The van der Waals surface area contributed by atoms with Gasteiger partial charge in [-0.05, 0) is 80.1 Å². The number of carbonyl (C=O) groups excluding carboxylic acids is 2. The molecule has 0 aromatic heterocycles. The van der Waals surface area contributed by atoms with Gasteiger partial charge in [0.15, 0.2) is 11.6 Å². The molecule has 34 heavy (non-hydrogen) atoms. The second-order valence-corrected chi connectivity index (χ2v) is 10.9. The van der Waals surface area contributed by atoms with E-state index in [1.807, 2.05) is 31.4 Å². The first-order valence-corrected chi connectivity index (χ1v) is 12.7. The number of aliphatic hydroxyl groups is 1. The summed E-state index contributed by atoms with van der Waals surface area (Å²) in [6.45, 7) is 4.02. The van der Waals surface area contributed by atoms with Crippen LogP contribution in [0.2, 0.25) is 0 Å². The predicted octanol–water partition coefficient (Wildman–Crippen LogP) is 5.72. The summed E-state index contributed by atoms with van der Waals surface area (Å²) in [7, 11) is 1.81. The lowest BCUT2D eigenvalue weighted by Crippen LogP contribution is -2.51. The number of Topliss-reactive ketones (excluding diaryl/α,β-unsaturated/α-hetero) is 1. The minimum atomic E-state index is -0.396. The number of aliphatic hydroxyl groups excluding tert-OH is 1. The van der Waals surface area contributed by atoms with Crippen molar-refractivity contribution in [1.29, 1.82) is 0 Å². The van der Waals surface area contributed by atoms with E-state index < -0.39 is 5.60 Å². The molecule has 4 nitrogen and oxygen atoms in total. The lowest BCUT2D eigenvalue weighted by Gasteiger charge is -2.55. The molecule has 2 saturated carbocycles. The Labute approximate surface area is 202 Å². The molecule has 5 atom stereocenters. The highest BCUT2D eigenvalue weighted by molar-refractivity contribution is 5.94. The fourth-order valence-corrected chi connectivity index (χ4v) is 7.85. The molecular weight excluding hydrogens is 424 g/mol. The number of benzene rings is 1. The molecule has 4 heteroatoms. The summed E-state index contributed by atoms with van der Waals surface area (Å²) in [5.74, 6) is 1.55. The van der Waals surface area contributed by atoms with E-state index in [1.165, 1.54) is 16.7 Å². The van der Waals surface area contributed by atoms with Crippen LogP contribution in [0, 0.1) is 17.3 Å². The summed E-state index contributed by atoms with van der Waals surface area (Å²) in [5, 5.41) is 9.54. The first-order valence-electron chi connectivity index (χ1n) is 12.7. The van der Waals surface area contributed by atoms with Crippen molar-refractivity contribution in [2.24, 2.45) is 17.3 Å². The van der Waals surface area contributed by atoms with Gasteiger partial charge in [0.05, 0.1) is 12.2 Å². The SMILES string of the molecule is CO[C@@]1(/C=C\CO)CC[C@H]2[C@@H]3CCC4=CC(=O)CCC4=C3[C@@H](c3ccc(C(C)=O)cc3)CC21C. The molecule has 180 valence electrons. The second kappa shape index (κ2) is 8.73. The fraction of sp³-hybridized carbons (Fsp3) is 0.533. The number of allylic oxidation sites excluding steroid dienone is 4. The van der Waals surface area contributed by atoms with Crippen LogP contribution in [0.3, 0.4) is 0 Å². The standard InChI is InChI=1S/C30H36O4/c1-19(32)20-5-7-21(8-6-20)26-18-29(2)27(13-15-30(29,34-3)14-4-16-31)25-11-9-22-17-23(33)10-12-24(22)28(25)26/h4-8,14,17,25-27,31H,9-13,15-16,18H2,1-3H3/b14-4-/t25-,26+,27-,29?,30-/m0/s1. The second-order valence-electron chi connectivity index (χ2n) is 10.9. The molecule has 0 saturated heterocycles. The van der Waals surface area contributed by atoms with Gasteiger partial charge in [-0.15, -0.1) is 0 Å². The lowest BCUT2D eigenvalue weighted by atomic mass is 9.51. The van der Waals surface area contributed by atoms with Gasteiger partial charge in [-0.3, -0.25) is 9.59 Å². The van der Waals surface area contributed by atoms with Gasteiger partial charge >= 0.3 is 0 Å². The molecule has 0 heterocycles. The van der Waals surface area contributed by atoms with E-state index in [4.69, 9.17) is 4.74 Å². The van der Waals surface area contributed by atoms with Crippen LogP contribution in [0.1, 0.15) is 80.6 Å². The van der Waals surface area contributed by atoms with Crippen LogP contribution in [0.25, 0.3) is 0 Å². The Morgan fingerprint density at radius 3 is 2.62 bits per heavy atom. The van der Waals surface area contributed by atoms with E-state index in [0.29, 0.717) is 18.3 Å². The van der Waals surface area contributed by atoms with Gasteiger partial charge < -0.3 is 9.84 Å². The molecule has 1 unspecified atom stereocenters. The van der Waals surface area contributed by atoms with Crippen LogP contribution < -0.4 is 0 Å². The molecule has 1 aromatic rings. The van der Waals surface area contributed by atoms with E-state index in [1.54, 1.807) is 12.5 Å². The minimum absolute atomic E-state index is 0.0166. The number of methoxy groups -OCH3 is 1. The smallest absolute Gasteiger partial charge is 0.159 e. The first kappa shape index (κ1) is 23.4. The van der Waals surface area contributed by atoms with Gasteiger partial charge in [0.2, 0.25) is 0 Å². The van der Waals surface area contributed by atoms with Gasteiger partial charge in [-0.1, -0.05) is 48.9 Å². The van der Waals surface area contributed by atoms with Crippen LogP contribution in [-0.2, 0) is 9.53 Å². The molecule has 2 fully saturated rings. The number of ether oxygens (including phenoxy) is 1. The van der Waals surface area contributed by atoms with Crippen LogP contribution in [0.5, 0.6) is 0 Å². The summed E-state index contributed by atoms with van der Waals surface area (Å²) >= 11 is 0. The van der Waals surface area contributed by atoms with Crippen molar-refractivity contribution in [3.05, 3.63) is 70.3 Å². The molecule has 0 aliphatic heterocycles. The van der Waals surface area contributed by atoms with Gasteiger partial charge in [0, 0.05) is 30.4 Å². The Morgan fingerprint density at radius 1 is 1.18 bits per heavy atom. The topological polar surface area (TPSA) is 63.6 Å². The van der Waals surface area contributed by atoms with Crippen molar-refractivity contribution in [2.75, 3.05) is 13.7 Å². The molecule has 1 aromatic carbocycles. The highest BCUT2D eigenvalue weighted by Gasteiger charge is 2.62. The van der Waals surface area contributed by atoms with Crippen molar-refractivity contribution in [3.8, 4) is 0 Å². The van der Waals surface area contributed by atoms with E-state index in [0.717, 1.165) is 44.1 Å². The van der Waals surface area contributed by atoms with E-state index >= 15 is 0 Å². The van der Waals surface area contributed by atoms with E-state index in [9.17, 15) is 14.7 Å². The molecular formula is C30H36O4. The third-order valence-corrected chi connectivity index (χ3v) is 9.49. The minimum Gasteiger partial charge on any atom is -0.392 e. The van der Waals surface area contributed by atoms with E-state index in [2.05, 4.69) is 25.1 Å². The predicted molar refractivity (Wildman–Crippen MR) is 133 cm³/mol. The fourth-order valence-electron chi connectivity index (χ4n) is 7.85. The van der Waals surface area contributed by atoms with Gasteiger partial charge in [0.25, 0.3) is 0 Å². The Kier molecular flexibility index (Phi) is 6.02. The van der Waals surface area contributed by atoms with E-state index in [-0.39, 0.29) is 29.5 Å². The number of ketones is 2. The maximum Gasteiger partial charge on any atom is 0.159 e. The zero-order chi connectivity index (χ0) is 24.1. The third kappa shape index (κ3) is 3.49. The quantitative estimate of drug-likeness (QED) is 0.451. The van der Waals surface area contributed by atoms with Gasteiger partial charge in [-0.25, -0.2) is 0 Å². The average Bonchev–Trinajstić information content (AvgIpc) is 3.14. The summed E-state index contributed by atoms with van der Waals surface area (Å²) < 4.78 is 6.29. The maximum absolute atomic E-state index is 12.2. The molecule has 0 spiro atoms. The maximum atomic E-state index is 12.2. The van der Waals surface area contributed by atoms with Crippen molar-refractivity contribution >= 4 is 11.6 Å². The zero-order valence-electron chi connectivity index (χ0n) is 20.6. The molecule has 4 aliphatic rings. The Morgan fingerprint density at radius 2 is 1.94 bits per heavy atom. The number of hydrogen-bond acceptors (Lipinski definition) is 4. The molecule has 4 aliphatic carbocycles. The molecule has 0 amide bonds. The summed E-state index contributed by atoms with van der Waals surface area (Å²) in [6, 6.07) is 8.18. The average molecular weight is 461 g/mol. The summed E-state index contributed by atoms with van der Waals surface area (Å²) in [4.78, 5) is 24.1. The number of rotatable bonds is 5. The highest BCUT2D eigenvalue weighted by atomic mass is 16.5. The molecule has 1 N–H and O–H groups in total. The zero-order valence-corrected chi connectivity index (χ0v) is 20.6. The highest BCUT2D eigenvalue weighted by Crippen LogP contribution is 2.67. The Hall–Kier alpha value is -2.30. The lowest BCUT2D eigenvalue weighted by molar-refractivity contribution is -0.114.